The number of benzene rings is 1. The van der Waals surface area contributed by atoms with E-state index in [9.17, 15) is 0 Å². The number of nitrogens with two attached hydrogens (primary N) is 1. The second-order valence-corrected chi connectivity index (χ2v) is 2.46. The second-order valence-electron chi connectivity index (χ2n) is 2.46. The Hall–Kier alpha value is -1.88. The molecule has 0 saturated heterocycles. The van der Waals surface area contributed by atoms with Gasteiger partial charge in [-0.2, -0.15) is 0 Å². The van der Waals surface area contributed by atoms with Gasteiger partial charge in [-0.05, 0) is 24.8 Å². The lowest BCUT2D eigenvalue weighted by atomic mass is 10.1. The van der Waals surface area contributed by atoms with Crippen molar-refractivity contribution in [1.29, 1.82) is 0 Å². The number of rotatable bonds is 2. The maximum absolute atomic E-state index is 5.74. The summed E-state index contributed by atoms with van der Waals surface area (Å²) in [6.45, 7) is 3.41. The summed E-state index contributed by atoms with van der Waals surface area (Å²) in [5.41, 5.74) is 12.5. The third-order valence-electron chi connectivity index (χ3n) is 1.62. The minimum atomic E-state index is 0.655. The zero-order chi connectivity index (χ0) is 9.68. The van der Waals surface area contributed by atoms with Gasteiger partial charge in [0.2, 0.25) is 0 Å². The van der Waals surface area contributed by atoms with Gasteiger partial charge in [-0.3, -0.25) is 0 Å². The van der Waals surface area contributed by atoms with Gasteiger partial charge in [0, 0.05) is 17.3 Å². The van der Waals surface area contributed by atoms with Gasteiger partial charge < -0.3 is 10.5 Å². The van der Waals surface area contributed by atoms with Gasteiger partial charge in [0.1, 0.15) is 5.75 Å². The normalized spacial score (nSPS) is 8.38. The first kappa shape index (κ1) is 9.21. The molecule has 2 nitrogen and oxygen atoms in total. The maximum Gasteiger partial charge on any atom is 0.120 e. The summed E-state index contributed by atoms with van der Waals surface area (Å²) in [6.07, 6.45) is 1.72. The molecule has 0 aromatic heterocycles. The average Bonchev–Trinajstić information content (AvgIpc) is 2.16. The minimum Gasteiger partial charge on any atom is -0.497 e. The highest BCUT2D eigenvalue weighted by Gasteiger charge is 1.96. The zero-order valence-corrected chi connectivity index (χ0v) is 7.50. The SMILES string of the molecule is C=C=C=Cc1ccc(OC)cc1N. The van der Waals surface area contributed by atoms with Crippen molar-refractivity contribution >= 4 is 11.8 Å². The van der Waals surface area contributed by atoms with E-state index in [1.165, 1.54) is 0 Å². The number of hydrogen-bond acceptors (Lipinski definition) is 2. The number of methoxy groups -OCH3 is 1. The summed E-state index contributed by atoms with van der Waals surface area (Å²) in [5.74, 6) is 0.747. The Morgan fingerprint density at radius 3 is 2.85 bits per heavy atom. The minimum absolute atomic E-state index is 0.655. The number of anilines is 1. The van der Waals surface area contributed by atoms with Crippen LogP contribution in [0.3, 0.4) is 0 Å². The highest BCUT2D eigenvalue weighted by atomic mass is 16.5. The van der Waals surface area contributed by atoms with Gasteiger partial charge in [0.25, 0.3) is 0 Å². The Kier molecular flexibility index (Phi) is 2.99. The molecule has 0 aliphatic heterocycles. The van der Waals surface area contributed by atoms with E-state index in [-0.39, 0.29) is 0 Å². The first-order valence-corrected chi connectivity index (χ1v) is 3.82. The van der Waals surface area contributed by atoms with Crippen LogP contribution in [0.4, 0.5) is 5.69 Å². The molecule has 0 aliphatic rings. The molecule has 0 radical (unpaired) electrons. The Bertz CT molecular complexity index is 383. The number of ether oxygens (including phenoxy) is 1. The van der Waals surface area contributed by atoms with Crippen LogP contribution < -0.4 is 10.5 Å². The van der Waals surface area contributed by atoms with E-state index in [1.807, 2.05) is 12.1 Å². The van der Waals surface area contributed by atoms with Gasteiger partial charge >= 0.3 is 0 Å². The van der Waals surface area contributed by atoms with Gasteiger partial charge in [-0.15, -0.1) is 0 Å². The van der Waals surface area contributed by atoms with Gasteiger partial charge in [-0.1, -0.05) is 11.5 Å². The van der Waals surface area contributed by atoms with E-state index in [4.69, 9.17) is 10.5 Å². The lowest BCUT2D eigenvalue weighted by Gasteiger charge is -2.02. The Balaban J connectivity index is 3.12. The Labute approximate surface area is 77.6 Å². The Morgan fingerprint density at radius 2 is 2.31 bits per heavy atom. The van der Waals surface area contributed by atoms with Gasteiger partial charge in [0.05, 0.1) is 7.11 Å². The van der Waals surface area contributed by atoms with Crippen molar-refractivity contribution in [3.8, 4) is 5.75 Å². The largest absolute Gasteiger partial charge is 0.497 e. The summed E-state index contributed by atoms with van der Waals surface area (Å²) in [6, 6.07) is 5.46. The van der Waals surface area contributed by atoms with Crippen LogP contribution in [0.5, 0.6) is 5.75 Å². The Morgan fingerprint density at radius 1 is 1.54 bits per heavy atom. The molecule has 2 heteroatoms. The van der Waals surface area contributed by atoms with Crippen LogP contribution in [0.1, 0.15) is 5.56 Å². The molecular weight excluding hydrogens is 162 g/mol. The summed E-state index contributed by atoms with van der Waals surface area (Å²) in [7, 11) is 1.61. The molecule has 0 saturated carbocycles. The standard InChI is InChI=1S/C11H11NO/c1-3-4-5-9-6-7-10(13-2)8-11(9)12/h5-8H,1,12H2,2H3. The van der Waals surface area contributed by atoms with E-state index in [2.05, 4.69) is 18.0 Å². The topological polar surface area (TPSA) is 35.2 Å². The fraction of sp³-hybridized carbons (Fsp3) is 0.0909. The third kappa shape index (κ3) is 2.28. The highest BCUT2D eigenvalue weighted by Crippen LogP contribution is 2.20. The molecule has 2 N–H and O–H groups in total. The first-order valence-electron chi connectivity index (χ1n) is 3.82. The molecule has 0 fully saturated rings. The molecule has 0 amide bonds. The molecular formula is C11H11NO. The molecule has 0 atom stereocenters. The molecule has 0 aliphatic carbocycles. The van der Waals surface area contributed by atoms with E-state index in [0.29, 0.717) is 5.69 Å². The van der Waals surface area contributed by atoms with Crippen molar-refractivity contribution in [2.24, 2.45) is 0 Å². The molecule has 13 heavy (non-hydrogen) atoms. The monoisotopic (exact) mass is 173 g/mol. The van der Waals surface area contributed by atoms with Gasteiger partial charge in [0.15, 0.2) is 0 Å². The fourth-order valence-electron chi connectivity index (χ4n) is 0.940. The van der Waals surface area contributed by atoms with Gasteiger partial charge in [-0.25, -0.2) is 0 Å². The lowest BCUT2D eigenvalue weighted by Crippen LogP contribution is -1.90. The van der Waals surface area contributed by atoms with Crippen molar-refractivity contribution in [2.45, 2.75) is 0 Å². The van der Waals surface area contributed by atoms with E-state index < -0.39 is 0 Å². The lowest BCUT2D eigenvalue weighted by molar-refractivity contribution is 0.415. The fourth-order valence-corrected chi connectivity index (χ4v) is 0.940. The second kappa shape index (κ2) is 4.22. The molecule has 0 bridgehead atoms. The molecule has 0 spiro atoms. The quantitative estimate of drug-likeness (QED) is 0.549. The summed E-state index contributed by atoms with van der Waals surface area (Å²) < 4.78 is 5.01. The highest BCUT2D eigenvalue weighted by molar-refractivity contribution is 5.65. The van der Waals surface area contributed by atoms with Crippen LogP contribution >= 0.6 is 0 Å². The number of hydrogen-bond donors (Lipinski definition) is 1. The summed E-state index contributed by atoms with van der Waals surface area (Å²) in [5, 5.41) is 0. The van der Waals surface area contributed by atoms with Crippen LogP contribution in [-0.4, -0.2) is 7.11 Å². The van der Waals surface area contributed by atoms with E-state index in [0.717, 1.165) is 11.3 Å². The molecule has 0 heterocycles. The van der Waals surface area contributed by atoms with Crippen molar-refractivity contribution in [2.75, 3.05) is 12.8 Å². The van der Waals surface area contributed by atoms with Crippen molar-refractivity contribution < 1.29 is 4.74 Å². The van der Waals surface area contributed by atoms with Crippen molar-refractivity contribution in [3.05, 3.63) is 41.8 Å². The number of nitrogen functional groups attached to an aromatic ring is 1. The van der Waals surface area contributed by atoms with Crippen molar-refractivity contribution in [1.82, 2.24) is 0 Å². The smallest absolute Gasteiger partial charge is 0.120 e. The third-order valence-corrected chi connectivity index (χ3v) is 1.62. The van der Waals surface area contributed by atoms with E-state index in [1.54, 1.807) is 19.3 Å². The molecule has 1 rings (SSSR count). The van der Waals surface area contributed by atoms with Crippen LogP contribution in [0.2, 0.25) is 0 Å². The summed E-state index contributed by atoms with van der Waals surface area (Å²) >= 11 is 0. The first-order chi connectivity index (χ1) is 6.27. The molecule has 0 unspecified atom stereocenters. The zero-order valence-electron chi connectivity index (χ0n) is 7.50. The van der Waals surface area contributed by atoms with Crippen LogP contribution in [-0.2, 0) is 0 Å². The molecule has 1 aromatic carbocycles. The van der Waals surface area contributed by atoms with Crippen LogP contribution in [0.25, 0.3) is 6.08 Å². The average molecular weight is 173 g/mol. The predicted molar refractivity (Wildman–Crippen MR) is 54.5 cm³/mol. The molecule has 1 aromatic rings. The molecule has 66 valence electrons. The predicted octanol–water partition coefficient (Wildman–Crippen LogP) is 2.23. The summed E-state index contributed by atoms with van der Waals surface area (Å²) in [4.78, 5) is 0. The van der Waals surface area contributed by atoms with Crippen LogP contribution in [0.15, 0.2) is 36.2 Å². The van der Waals surface area contributed by atoms with Crippen LogP contribution in [0, 0.1) is 0 Å². The maximum atomic E-state index is 5.74. The van der Waals surface area contributed by atoms with E-state index >= 15 is 0 Å². The van der Waals surface area contributed by atoms with Crippen molar-refractivity contribution in [3.63, 3.8) is 0 Å².